The molecule has 1 aromatic heterocycles. The van der Waals surface area contributed by atoms with Gasteiger partial charge in [0.25, 0.3) is 0 Å². The van der Waals surface area contributed by atoms with Crippen LogP contribution >= 0.6 is 6.49 Å². The van der Waals surface area contributed by atoms with E-state index in [2.05, 4.69) is 4.98 Å². The van der Waals surface area contributed by atoms with Crippen molar-refractivity contribution in [3.8, 4) is 0 Å². The zero-order valence-electron chi connectivity index (χ0n) is 8.77. The summed E-state index contributed by atoms with van der Waals surface area (Å²) in [7, 11) is 0. The Kier molecular flexibility index (Phi) is 7.06. The maximum Gasteiger partial charge on any atom is 1.00 e. The van der Waals surface area contributed by atoms with Gasteiger partial charge >= 0.3 is 18.9 Å². The quantitative estimate of drug-likeness (QED) is 0.458. The fourth-order valence-electron chi connectivity index (χ4n) is 0.963. The first-order chi connectivity index (χ1) is 6.23. The monoisotopic (exact) mass is 225 g/mol. The van der Waals surface area contributed by atoms with E-state index in [0.717, 1.165) is 5.44 Å². The van der Waals surface area contributed by atoms with Gasteiger partial charge in [0.05, 0.1) is 13.2 Å². The predicted octanol–water partition coefficient (Wildman–Crippen LogP) is -1.34. The molecule has 0 amide bonds. The average Bonchev–Trinajstić information content (AvgIpc) is 2.57. The van der Waals surface area contributed by atoms with Crippen LogP contribution in [0.2, 0.25) is 0 Å². The molecule has 1 aromatic rings. The molecule has 0 bridgehead atoms. The molecule has 0 aliphatic rings. The van der Waals surface area contributed by atoms with Gasteiger partial charge < -0.3 is 14.0 Å². The Balaban J connectivity index is 0.00000169. The van der Waals surface area contributed by atoms with Crippen LogP contribution in [0.3, 0.4) is 0 Å². The van der Waals surface area contributed by atoms with Gasteiger partial charge in [-0.1, -0.05) is 17.6 Å². The van der Waals surface area contributed by atoms with Crippen molar-refractivity contribution in [1.29, 1.82) is 0 Å². The van der Waals surface area contributed by atoms with Crippen molar-refractivity contribution >= 4 is 23.7 Å². The Morgan fingerprint density at radius 2 is 1.93 bits per heavy atom. The smallest absolute Gasteiger partial charge is 0.659 e. The zero-order chi connectivity index (χ0) is 9.73. The minimum absolute atomic E-state index is 0. The fraction of sp³-hybridized carbons (Fsp3) is 0.500. The fourth-order valence-corrected chi connectivity index (χ4v) is 3.42. The summed E-state index contributed by atoms with van der Waals surface area (Å²) in [5.41, 5.74) is 0.756. The van der Waals surface area contributed by atoms with E-state index in [4.69, 9.17) is 20.9 Å². The van der Waals surface area contributed by atoms with Crippen LogP contribution in [0.15, 0.2) is 18.3 Å². The summed E-state index contributed by atoms with van der Waals surface area (Å²) in [5, 5.41) is 0. The van der Waals surface area contributed by atoms with Crippen LogP contribution in [0, 0.1) is 0 Å². The second kappa shape index (κ2) is 6.84. The Morgan fingerprint density at radius 1 is 1.36 bits per heavy atom. The minimum atomic E-state index is -2.30. The normalized spacial score (nSPS) is 11.0. The Bertz CT molecular complexity index is 282. The first-order valence-electron chi connectivity index (χ1n) is 4.20. The maximum absolute atomic E-state index is 5.46. The standard InChI is InChI=1S/C8H13NO2PS.Li/c1-3-10-12(13,11-4-2)8-6-5-7-9-8;/h5-7H,3-4H2,1-2H3;/q-1;+1. The molecule has 0 N–H and O–H groups in total. The molecule has 0 unspecified atom stereocenters. The van der Waals surface area contributed by atoms with E-state index >= 15 is 0 Å². The molecule has 0 spiro atoms. The maximum atomic E-state index is 5.46. The molecule has 0 atom stereocenters. The van der Waals surface area contributed by atoms with Crippen LogP contribution in [-0.2, 0) is 20.9 Å². The summed E-state index contributed by atoms with van der Waals surface area (Å²) in [6.07, 6.45) is 1.70. The number of aromatic nitrogens is 1. The second-order valence-corrected chi connectivity index (χ2v) is 5.74. The molecule has 1 rings (SSSR count). The van der Waals surface area contributed by atoms with E-state index in [9.17, 15) is 0 Å². The van der Waals surface area contributed by atoms with Crippen molar-refractivity contribution < 1.29 is 27.9 Å². The summed E-state index contributed by atoms with van der Waals surface area (Å²) in [6.45, 7) is 2.63. The first kappa shape index (κ1) is 14.4. The van der Waals surface area contributed by atoms with Gasteiger partial charge in [-0.25, -0.2) is 0 Å². The van der Waals surface area contributed by atoms with Crippen molar-refractivity contribution in [2.45, 2.75) is 13.8 Å². The van der Waals surface area contributed by atoms with E-state index in [1.54, 1.807) is 6.20 Å². The summed E-state index contributed by atoms with van der Waals surface area (Å²) >= 11 is 5.32. The van der Waals surface area contributed by atoms with Crippen LogP contribution in [0.5, 0.6) is 0 Å². The largest absolute Gasteiger partial charge is 1.00 e. The van der Waals surface area contributed by atoms with E-state index in [-0.39, 0.29) is 18.9 Å². The zero-order valence-corrected chi connectivity index (χ0v) is 10.5. The van der Waals surface area contributed by atoms with Gasteiger partial charge in [-0.05, 0) is 25.7 Å². The Hall–Kier alpha value is 0.447. The average molecular weight is 225 g/mol. The van der Waals surface area contributed by atoms with Gasteiger partial charge in [0.1, 0.15) is 0 Å². The summed E-state index contributed by atoms with van der Waals surface area (Å²) < 4.78 is 10.9. The Labute approximate surface area is 102 Å². The van der Waals surface area contributed by atoms with Crippen LogP contribution in [-0.4, -0.2) is 13.2 Å². The summed E-state index contributed by atoms with van der Waals surface area (Å²) in [6, 6.07) is 3.69. The third kappa shape index (κ3) is 3.55. The molecular weight excluding hydrogens is 212 g/mol. The van der Waals surface area contributed by atoms with E-state index in [1.165, 1.54) is 0 Å². The second-order valence-electron chi connectivity index (χ2n) is 2.33. The molecule has 0 saturated carbocycles. The van der Waals surface area contributed by atoms with Gasteiger partial charge in [0, 0.05) is 0 Å². The molecule has 0 saturated heterocycles. The molecule has 0 fully saturated rings. The van der Waals surface area contributed by atoms with Crippen molar-refractivity contribution in [1.82, 2.24) is 4.98 Å². The Morgan fingerprint density at radius 3 is 2.29 bits per heavy atom. The molecular formula is C8H13LiNO2PS. The summed E-state index contributed by atoms with van der Waals surface area (Å²) in [4.78, 5) is 4.12. The van der Waals surface area contributed by atoms with Crippen LogP contribution in [0.25, 0.3) is 0 Å². The van der Waals surface area contributed by atoms with Crippen molar-refractivity contribution in [2.24, 2.45) is 0 Å². The third-order valence-corrected chi connectivity index (χ3v) is 4.63. The molecule has 3 nitrogen and oxygen atoms in total. The third-order valence-electron chi connectivity index (χ3n) is 1.42. The van der Waals surface area contributed by atoms with E-state index in [1.807, 2.05) is 26.0 Å². The topological polar surface area (TPSA) is 32.6 Å². The van der Waals surface area contributed by atoms with Gasteiger partial charge in [0.15, 0.2) is 6.49 Å². The molecule has 0 aliphatic carbocycles. The van der Waals surface area contributed by atoms with Gasteiger partial charge in [-0.2, -0.15) is 6.20 Å². The van der Waals surface area contributed by atoms with Gasteiger partial charge in [0.2, 0.25) is 0 Å². The van der Waals surface area contributed by atoms with Crippen molar-refractivity contribution in [3.63, 3.8) is 0 Å². The van der Waals surface area contributed by atoms with Crippen LogP contribution < -0.4 is 29.3 Å². The number of hydrogen-bond donors (Lipinski definition) is 0. The number of nitrogens with zero attached hydrogens (tertiary/aromatic N) is 1. The van der Waals surface area contributed by atoms with Gasteiger partial charge in [-0.15, -0.1) is 0 Å². The molecule has 1 heterocycles. The van der Waals surface area contributed by atoms with E-state index in [0.29, 0.717) is 13.2 Å². The van der Waals surface area contributed by atoms with Crippen LogP contribution in [0.1, 0.15) is 13.8 Å². The molecule has 6 heteroatoms. The molecule has 0 aromatic carbocycles. The number of hydrogen-bond acceptors (Lipinski definition) is 3. The van der Waals surface area contributed by atoms with E-state index < -0.39 is 6.49 Å². The van der Waals surface area contributed by atoms with Gasteiger partial charge in [-0.3, -0.25) is 0 Å². The minimum Gasteiger partial charge on any atom is -0.659 e. The predicted molar refractivity (Wildman–Crippen MR) is 56.9 cm³/mol. The molecule has 14 heavy (non-hydrogen) atoms. The number of rotatable bonds is 5. The van der Waals surface area contributed by atoms with Crippen molar-refractivity contribution in [3.05, 3.63) is 18.3 Å². The molecule has 0 radical (unpaired) electrons. The summed E-state index contributed by atoms with van der Waals surface area (Å²) in [5.74, 6) is 0. The van der Waals surface area contributed by atoms with Crippen LogP contribution in [0.4, 0.5) is 0 Å². The SMILES string of the molecule is CCOP(=S)(OCC)c1ccc[n-]1.[Li+]. The first-order valence-corrected chi connectivity index (χ1v) is 6.84. The molecule has 74 valence electrons. The molecule has 0 aliphatic heterocycles. The van der Waals surface area contributed by atoms with Crippen molar-refractivity contribution in [2.75, 3.05) is 13.2 Å².